The molecule has 0 saturated carbocycles. The lowest BCUT2D eigenvalue weighted by molar-refractivity contribution is 1.04. The van der Waals surface area contributed by atoms with Gasteiger partial charge in [0.1, 0.15) is 0 Å². The van der Waals surface area contributed by atoms with Crippen LogP contribution in [0.25, 0.3) is 11.1 Å². The molecule has 0 saturated heterocycles. The Bertz CT molecular complexity index is 1190. The topological polar surface area (TPSA) is 52.0 Å². The second-order valence-electron chi connectivity index (χ2n) is 8.71. The van der Waals surface area contributed by atoms with E-state index in [1.165, 1.54) is 0 Å². The van der Waals surface area contributed by atoms with Gasteiger partial charge in [-0.3, -0.25) is 0 Å². The molecule has 0 aliphatic heterocycles. The Hall–Kier alpha value is -3.91. The van der Waals surface area contributed by atoms with Crippen LogP contribution in [0.4, 0.5) is 0 Å². The minimum atomic E-state index is 0.212. The van der Waals surface area contributed by atoms with Crippen molar-refractivity contribution in [2.24, 2.45) is 11.5 Å². The lowest BCUT2D eigenvalue weighted by Crippen LogP contribution is -2.18. The van der Waals surface area contributed by atoms with Crippen LogP contribution in [0, 0.1) is 0 Å². The Kier molecular flexibility index (Phi) is 8.30. The van der Waals surface area contributed by atoms with Crippen LogP contribution in [0.5, 0.6) is 0 Å². The van der Waals surface area contributed by atoms with Gasteiger partial charge in [-0.1, -0.05) is 140 Å². The molecule has 4 rings (SSSR count). The molecule has 170 valence electrons. The molecular formula is C31H30B2N2. The van der Waals surface area contributed by atoms with Gasteiger partial charge in [0.15, 0.2) is 14.6 Å². The van der Waals surface area contributed by atoms with Crippen LogP contribution in [0.2, 0.25) is 12.1 Å². The molecule has 0 bridgehead atoms. The van der Waals surface area contributed by atoms with Gasteiger partial charge in [-0.25, -0.2) is 0 Å². The minimum Gasteiger partial charge on any atom is -0.410 e. The molecule has 4 aromatic carbocycles. The van der Waals surface area contributed by atoms with E-state index in [2.05, 4.69) is 70.0 Å². The first-order valence-electron chi connectivity index (χ1n) is 12.0. The predicted molar refractivity (Wildman–Crippen MR) is 152 cm³/mol. The van der Waals surface area contributed by atoms with E-state index in [4.69, 9.17) is 11.5 Å². The lowest BCUT2D eigenvalue weighted by atomic mass is 9.51. The van der Waals surface area contributed by atoms with Crippen molar-refractivity contribution in [1.29, 1.82) is 0 Å². The molecule has 0 aliphatic rings. The fourth-order valence-corrected chi connectivity index (χ4v) is 4.29. The van der Waals surface area contributed by atoms with Crippen LogP contribution in [0.1, 0.15) is 29.2 Å². The van der Waals surface area contributed by atoms with Gasteiger partial charge in [-0.2, -0.15) is 0 Å². The summed E-state index contributed by atoms with van der Waals surface area (Å²) < 4.78 is 0. The number of nitrogens with two attached hydrogens (primary N) is 2. The molecular weight excluding hydrogens is 422 g/mol. The summed E-state index contributed by atoms with van der Waals surface area (Å²) in [6.07, 6.45) is 0.784. The van der Waals surface area contributed by atoms with Crippen LogP contribution < -0.4 is 11.5 Å². The first-order valence-corrected chi connectivity index (χ1v) is 12.0. The van der Waals surface area contributed by atoms with Crippen molar-refractivity contribution in [3.05, 3.63) is 155 Å². The summed E-state index contributed by atoms with van der Waals surface area (Å²) in [4.78, 5) is 0. The van der Waals surface area contributed by atoms with Gasteiger partial charge in [-0.15, -0.1) is 0 Å². The maximum atomic E-state index is 6.70. The van der Waals surface area contributed by atoms with Gasteiger partial charge in [-0.05, 0) is 44.6 Å². The van der Waals surface area contributed by atoms with E-state index in [1.807, 2.05) is 72.8 Å². The highest BCUT2D eigenvalue weighted by Gasteiger charge is 2.16. The summed E-state index contributed by atoms with van der Waals surface area (Å²) in [5.74, 6) is 0.212. The van der Waals surface area contributed by atoms with Crippen LogP contribution in [-0.4, -0.2) is 14.6 Å². The molecule has 0 aliphatic carbocycles. The van der Waals surface area contributed by atoms with Gasteiger partial charge in [0.05, 0.1) is 0 Å². The molecule has 0 fully saturated rings. The monoisotopic (exact) mass is 452 g/mol. The first kappa shape index (κ1) is 24.2. The average molecular weight is 452 g/mol. The molecule has 1 unspecified atom stereocenters. The summed E-state index contributed by atoms with van der Waals surface area (Å²) in [5, 5.41) is 0. The molecule has 0 aromatic heterocycles. The predicted octanol–water partition coefficient (Wildman–Crippen LogP) is 6.37. The third-order valence-electron chi connectivity index (χ3n) is 6.00. The Morgan fingerprint density at radius 3 is 1.20 bits per heavy atom. The summed E-state index contributed by atoms with van der Waals surface area (Å²) in [6.45, 7) is 2.18. The van der Waals surface area contributed by atoms with Gasteiger partial charge in [0.25, 0.3) is 0 Å². The lowest BCUT2D eigenvalue weighted by Gasteiger charge is -2.17. The molecule has 4 aromatic rings. The smallest absolute Gasteiger partial charge is 0.177 e. The van der Waals surface area contributed by atoms with E-state index in [9.17, 15) is 0 Å². The van der Waals surface area contributed by atoms with Crippen LogP contribution in [0.15, 0.2) is 133 Å². The fraction of sp³-hybridized carbons (Fsp3) is 0.0968. The quantitative estimate of drug-likeness (QED) is 0.290. The van der Waals surface area contributed by atoms with Gasteiger partial charge >= 0.3 is 0 Å². The normalized spacial score (nSPS) is 11.2. The Morgan fingerprint density at radius 1 is 0.543 bits per heavy atom. The van der Waals surface area contributed by atoms with Crippen molar-refractivity contribution in [1.82, 2.24) is 0 Å². The SMILES string of the molecule is CC([B]C(N)=C(c1ccccc1)c1ccccc1)C[B]C(N)=C(c1ccccc1)c1ccccc1. The zero-order valence-electron chi connectivity index (χ0n) is 20.1. The van der Waals surface area contributed by atoms with E-state index in [0.717, 1.165) is 50.9 Å². The fourth-order valence-electron chi connectivity index (χ4n) is 4.29. The van der Waals surface area contributed by atoms with E-state index in [1.54, 1.807) is 0 Å². The van der Waals surface area contributed by atoms with Crippen molar-refractivity contribution in [2.75, 3.05) is 0 Å². The summed E-state index contributed by atoms with van der Waals surface area (Å²) in [6, 6.07) is 41.3. The Labute approximate surface area is 210 Å². The molecule has 2 radical (unpaired) electrons. The Balaban J connectivity index is 1.56. The van der Waals surface area contributed by atoms with Crippen molar-refractivity contribution < 1.29 is 0 Å². The first-order chi connectivity index (χ1) is 17.1. The summed E-state index contributed by atoms with van der Waals surface area (Å²) in [7, 11) is 4.26. The molecule has 0 heterocycles. The molecule has 35 heavy (non-hydrogen) atoms. The van der Waals surface area contributed by atoms with E-state index in [0.29, 0.717) is 0 Å². The maximum absolute atomic E-state index is 6.70. The third kappa shape index (κ3) is 6.36. The standard InChI is InChI=1S/C31H30B2N2/c1-23(33-31(35)29(26-18-10-4-11-19-26)27-20-12-5-13-21-27)22-32-30(34)28(24-14-6-2-7-15-24)25-16-8-3-9-17-25/h2-21,23H,22,34-35H2,1H3. The van der Waals surface area contributed by atoms with Crippen molar-refractivity contribution >= 4 is 25.7 Å². The third-order valence-corrected chi connectivity index (χ3v) is 6.00. The number of rotatable bonds is 9. The van der Waals surface area contributed by atoms with Crippen LogP contribution >= 0.6 is 0 Å². The number of hydrogen-bond acceptors (Lipinski definition) is 2. The van der Waals surface area contributed by atoms with Gasteiger partial charge in [0, 0.05) is 0 Å². The molecule has 0 spiro atoms. The van der Waals surface area contributed by atoms with Gasteiger partial charge < -0.3 is 11.5 Å². The average Bonchev–Trinajstić information content (AvgIpc) is 2.90. The van der Waals surface area contributed by atoms with Gasteiger partial charge in [0.2, 0.25) is 0 Å². The number of hydrogen-bond donors (Lipinski definition) is 2. The summed E-state index contributed by atoms with van der Waals surface area (Å²) >= 11 is 0. The molecule has 2 nitrogen and oxygen atoms in total. The minimum absolute atomic E-state index is 0.212. The molecule has 4 heteroatoms. The Morgan fingerprint density at radius 2 is 0.857 bits per heavy atom. The molecule has 4 N–H and O–H groups in total. The highest BCUT2D eigenvalue weighted by Crippen LogP contribution is 2.28. The van der Waals surface area contributed by atoms with Crippen LogP contribution in [0.3, 0.4) is 0 Å². The highest BCUT2D eigenvalue weighted by molar-refractivity contribution is 6.54. The zero-order valence-corrected chi connectivity index (χ0v) is 20.1. The second-order valence-corrected chi connectivity index (χ2v) is 8.71. The largest absolute Gasteiger partial charge is 0.410 e. The van der Waals surface area contributed by atoms with E-state index >= 15 is 0 Å². The van der Waals surface area contributed by atoms with Crippen LogP contribution in [-0.2, 0) is 0 Å². The second kappa shape index (κ2) is 12.0. The highest BCUT2D eigenvalue weighted by atomic mass is 14.6. The van der Waals surface area contributed by atoms with E-state index in [-0.39, 0.29) is 5.82 Å². The van der Waals surface area contributed by atoms with Crippen molar-refractivity contribution in [2.45, 2.75) is 19.1 Å². The number of benzene rings is 4. The summed E-state index contributed by atoms with van der Waals surface area (Å²) in [5.41, 5.74) is 21.5. The van der Waals surface area contributed by atoms with Crippen molar-refractivity contribution in [3.63, 3.8) is 0 Å². The molecule has 0 amide bonds. The van der Waals surface area contributed by atoms with E-state index < -0.39 is 0 Å². The maximum Gasteiger partial charge on any atom is 0.177 e. The molecule has 1 atom stereocenters. The van der Waals surface area contributed by atoms with Crippen molar-refractivity contribution in [3.8, 4) is 0 Å². The zero-order chi connectivity index (χ0) is 24.5.